The monoisotopic (exact) mass is 665 g/mol. The summed E-state index contributed by atoms with van der Waals surface area (Å²) in [5.74, 6) is 0.413. The van der Waals surface area contributed by atoms with Gasteiger partial charge < -0.3 is 0 Å². The number of allylic oxidation sites excluding steroid dienone is 2. The number of aliphatic imine (C=N–C) groups is 1. The summed E-state index contributed by atoms with van der Waals surface area (Å²) in [5, 5.41) is 2.69. The lowest BCUT2D eigenvalue weighted by Gasteiger charge is -2.27. The molecule has 7 rings (SSSR count). The Morgan fingerprint density at radius 1 is 0.620 bits per heavy atom. The molecule has 0 spiro atoms. The Bertz CT molecular complexity index is 2390. The van der Waals surface area contributed by atoms with Crippen LogP contribution in [0, 0.1) is 26.7 Å². The molecule has 0 amide bonds. The largest absolute Gasteiger partial charge is 0.257 e. The van der Waals surface area contributed by atoms with Gasteiger partial charge in [0.1, 0.15) is 0 Å². The minimum atomic E-state index is 0.193. The van der Waals surface area contributed by atoms with Crippen molar-refractivity contribution in [2.75, 3.05) is 0 Å². The van der Waals surface area contributed by atoms with Gasteiger partial charge in [-0.3, -0.25) is 4.99 Å². The third-order valence-electron chi connectivity index (χ3n) is 10.4. The molecule has 0 aliphatic heterocycles. The van der Waals surface area contributed by atoms with Crippen LogP contribution in [-0.4, -0.2) is 5.71 Å². The van der Waals surface area contributed by atoms with Crippen LogP contribution in [0.15, 0.2) is 157 Å². The fraction of sp³-hybridized carbons (Fsp3) is 0.146. The van der Waals surface area contributed by atoms with Crippen molar-refractivity contribution in [3.8, 4) is 22.3 Å². The highest BCUT2D eigenvalue weighted by molar-refractivity contribution is 7.26. The molecule has 0 bridgehead atoms. The molecule has 50 heavy (non-hydrogen) atoms. The SMILES string of the molecule is C=CN=C(/C=C(/c1ccccc1)C(C)C(C)c1ccccc1-c1c(C)ccc(-c2ccc3c(sc4ccccc43)c2C)c1C)c1ccccc1. The molecule has 0 saturated heterocycles. The van der Waals surface area contributed by atoms with Crippen LogP contribution in [0.2, 0.25) is 0 Å². The Kier molecular flexibility index (Phi) is 9.48. The van der Waals surface area contributed by atoms with Crippen molar-refractivity contribution in [1.29, 1.82) is 0 Å². The Labute approximate surface area is 301 Å². The number of fused-ring (bicyclic) bond motifs is 3. The summed E-state index contributed by atoms with van der Waals surface area (Å²) in [6.07, 6.45) is 3.91. The first-order valence-corrected chi connectivity index (χ1v) is 18.3. The van der Waals surface area contributed by atoms with E-state index in [-0.39, 0.29) is 11.8 Å². The zero-order valence-electron chi connectivity index (χ0n) is 29.6. The molecule has 2 heteroatoms. The Balaban J connectivity index is 1.33. The minimum absolute atomic E-state index is 0.193. The molecule has 0 aliphatic carbocycles. The molecule has 2 atom stereocenters. The van der Waals surface area contributed by atoms with E-state index < -0.39 is 0 Å². The van der Waals surface area contributed by atoms with E-state index in [1.165, 1.54) is 75.8 Å². The summed E-state index contributed by atoms with van der Waals surface area (Å²) in [5.41, 5.74) is 15.0. The van der Waals surface area contributed by atoms with Crippen molar-refractivity contribution in [2.45, 2.75) is 40.5 Å². The molecular formula is C48H43NS. The molecular weight excluding hydrogens is 623 g/mol. The Hall–Kier alpha value is -5.31. The molecule has 0 aliphatic rings. The summed E-state index contributed by atoms with van der Waals surface area (Å²) in [6, 6.07) is 48.2. The van der Waals surface area contributed by atoms with Gasteiger partial charge >= 0.3 is 0 Å². The van der Waals surface area contributed by atoms with Crippen LogP contribution in [0.5, 0.6) is 0 Å². The molecule has 246 valence electrons. The zero-order valence-corrected chi connectivity index (χ0v) is 30.4. The molecule has 2 unspecified atom stereocenters. The normalized spacial score (nSPS) is 13.5. The number of hydrogen-bond donors (Lipinski definition) is 0. The van der Waals surface area contributed by atoms with Crippen molar-refractivity contribution in [3.63, 3.8) is 0 Å². The minimum Gasteiger partial charge on any atom is -0.257 e. The van der Waals surface area contributed by atoms with E-state index in [2.05, 4.69) is 175 Å². The second-order valence-corrected chi connectivity index (χ2v) is 14.4. The molecule has 0 radical (unpaired) electrons. The maximum atomic E-state index is 4.74. The Morgan fingerprint density at radius 3 is 1.98 bits per heavy atom. The van der Waals surface area contributed by atoms with Gasteiger partial charge in [0.2, 0.25) is 0 Å². The van der Waals surface area contributed by atoms with Crippen LogP contribution in [0.3, 0.4) is 0 Å². The van der Waals surface area contributed by atoms with Crippen LogP contribution in [-0.2, 0) is 0 Å². The summed E-state index contributed by atoms with van der Waals surface area (Å²) in [4.78, 5) is 4.74. The standard InChI is InChI=1S/C48H43NS/c1-7-49-45(37-20-12-9-13-21-37)30-44(36-18-10-8-11-19-36)33(4)32(3)38-22-14-15-24-42(38)47-31(2)26-27-39(34(47)5)40-28-29-43-41-23-16-17-25-46(41)50-48(43)35(40)6/h7-30,32-33H,1H2,2-6H3/b44-30+,49-45?. The van der Waals surface area contributed by atoms with Crippen LogP contribution in [0.4, 0.5) is 0 Å². The summed E-state index contributed by atoms with van der Waals surface area (Å²) >= 11 is 1.90. The van der Waals surface area contributed by atoms with Crippen molar-refractivity contribution in [1.82, 2.24) is 0 Å². The molecule has 6 aromatic carbocycles. The van der Waals surface area contributed by atoms with E-state index in [1.54, 1.807) is 6.20 Å². The number of thiophene rings is 1. The number of aryl methyl sites for hydroxylation is 2. The molecule has 0 saturated carbocycles. The van der Waals surface area contributed by atoms with Gasteiger partial charge in [-0.15, -0.1) is 11.3 Å². The van der Waals surface area contributed by atoms with Gasteiger partial charge in [-0.2, -0.15) is 0 Å². The highest BCUT2D eigenvalue weighted by Gasteiger charge is 2.25. The molecule has 0 N–H and O–H groups in total. The first kappa shape index (κ1) is 33.2. The number of nitrogens with zero attached hydrogens (tertiary/aromatic N) is 1. The van der Waals surface area contributed by atoms with Crippen LogP contribution < -0.4 is 0 Å². The molecule has 0 fully saturated rings. The topological polar surface area (TPSA) is 12.4 Å². The molecule has 1 nitrogen and oxygen atoms in total. The smallest absolute Gasteiger partial charge is 0.0704 e. The molecule has 1 aromatic heterocycles. The van der Waals surface area contributed by atoms with Gasteiger partial charge in [-0.25, -0.2) is 0 Å². The van der Waals surface area contributed by atoms with Gasteiger partial charge in [0.05, 0.1) is 5.71 Å². The Morgan fingerprint density at radius 2 is 1.24 bits per heavy atom. The summed E-state index contributed by atoms with van der Waals surface area (Å²) < 4.78 is 2.72. The van der Waals surface area contributed by atoms with E-state index in [1.807, 2.05) is 17.4 Å². The number of benzene rings is 6. The van der Waals surface area contributed by atoms with E-state index in [0.717, 1.165) is 11.3 Å². The first-order chi connectivity index (χ1) is 24.4. The van der Waals surface area contributed by atoms with E-state index in [0.29, 0.717) is 0 Å². The first-order valence-electron chi connectivity index (χ1n) is 17.5. The highest BCUT2D eigenvalue weighted by atomic mass is 32.1. The summed E-state index contributed by atoms with van der Waals surface area (Å²) in [6.45, 7) is 15.5. The van der Waals surface area contributed by atoms with E-state index in [9.17, 15) is 0 Å². The quantitative estimate of drug-likeness (QED) is 0.136. The van der Waals surface area contributed by atoms with Crippen molar-refractivity contribution in [3.05, 3.63) is 186 Å². The maximum Gasteiger partial charge on any atom is 0.0704 e. The van der Waals surface area contributed by atoms with Crippen LogP contribution in [0.25, 0.3) is 48.0 Å². The van der Waals surface area contributed by atoms with Crippen molar-refractivity contribution >= 4 is 42.8 Å². The lowest BCUT2D eigenvalue weighted by Crippen LogP contribution is -2.12. The average Bonchev–Trinajstić information content (AvgIpc) is 3.54. The number of hydrogen-bond acceptors (Lipinski definition) is 2. The lowest BCUT2D eigenvalue weighted by molar-refractivity contribution is 0.608. The third kappa shape index (κ3) is 6.17. The number of rotatable bonds is 9. The van der Waals surface area contributed by atoms with Crippen molar-refractivity contribution < 1.29 is 0 Å². The van der Waals surface area contributed by atoms with Crippen LogP contribution in [0.1, 0.15) is 53.1 Å². The zero-order chi connectivity index (χ0) is 34.8. The van der Waals surface area contributed by atoms with Gasteiger partial charge in [-0.05, 0) is 100 Å². The molecule has 7 aromatic rings. The maximum absolute atomic E-state index is 4.74. The highest BCUT2D eigenvalue weighted by Crippen LogP contribution is 2.45. The van der Waals surface area contributed by atoms with E-state index in [4.69, 9.17) is 4.99 Å². The van der Waals surface area contributed by atoms with E-state index >= 15 is 0 Å². The average molecular weight is 666 g/mol. The van der Waals surface area contributed by atoms with Crippen LogP contribution >= 0.6 is 11.3 Å². The second kappa shape index (κ2) is 14.3. The van der Waals surface area contributed by atoms with Gasteiger partial charge in [-0.1, -0.05) is 148 Å². The van der Waals surface area contributed by atoms with Crippen molar-refractivity contribution in [2.24, 2.45) is 10.9 Å². The predicted octanol–water partition coefficient (Wildman–Crippen LogP) is 13.8. The van der Waals surface area contributed by atoms with Gasteiger partial charge in [0.25, 0.3) is 0 Å². The van der Waals surface area contributed by atoms with Gasteiger partial charge in [0.15, 0.2) is 0 Å². The van der Waals surface area contributed by atoms with Gasteiger partial charge in [0, 0.05) is 31.9 Å². The second-order valence-electron chi connectivity index (χ2n) is 13.3. The predicted molar refractivity (Wildman–Crippen MR) is 220 cm³/mol. The fourth-order valence-corrected chi connectivity index (χ4v) is 8.79. The lowest BCUT2D eigenvalue weighted by atomic mass is 9.77. The summed E-state index contributed by atoms with van der Waals surface area (Å²) in [7, 11) is 0. The third-order valence-corrected chi connectivity index (χ3v) is 11.7. The fourth-order valence-electron chi connectivity index (χ4n) is 7.59. The molecule has 1 heterocycles.